The second-order valence-electron chi connectivity index (χ2n) is 11.8. The first kappa shape index (κ1) is 30.9. The number of carboxylic acid groups (broad SMARTS) is 1. The molecule has 0 unspecified atom stereocenters. The highest BCUT2D eigenvalue weighted by atomic mass is 16.6. The molecular weight excluding hydrogens is 578 g/mol. The maximum Gasteiger partial charge on any atom is 0.409 e. The number of aromatic nitrogens is 5. The van der Waals surface area contributed by atoms with Crippen LogP contribution in [0.25, 0.3) is 17.0 Å². The molecule has 4 aromatic rings. The van der Waals surface area contributed by atoms with Crippen LogP contribution in [-0.2, 0) is 4.74 Å². The minimum atomic E-state index is -1.33. The number of rotatable bonds is 7. The summed E-state index contributed by atoms with van der Waals surface area (Å²) in [4.78, 5) is 48.9. The summed E-state index contributed by atoms with van der Waals surface area (Å²) in [5.74, 6) is -0.655. The highest BCUT2D eigenvalue weighted by Crippen LogP contribution is 2.35. The van der Waals surface area contributed by atoms with Crippen molar-refractivity contribution >= 4 is 52.1 Å². The van der Waals surface area contributed by atoms with Gasteiger partial charge in [-0.2, -0.15) is 0 Å². The number of fused-ring (bicyclic) bond motifs is 1. The molecule has 4 N–H and O–H groups in total. The molecule has 14 heteroatoms. The van der Waals surface area contributed by atoms with Crippen molar-refractivity contribution in [3.8, 4) is 0 Å². The zero-order chi connectivity index (χ0) is 32.3. The topological polar surface area (TPSA) is 176 Å². The molecule has 5 rings (SSSR count). The largest absolute Gasteiger partial charge is 0.465 e. The van der Waals surface area contributed by atoms with E-state index in [1.807, 2.05) is 17.9 Å². The Labute approximate surface area is 259 Å². The standard InChI is InChI=1S/C31H35N9O5/c1-6-19-7-8-20-14-22(36-29(42)43)26(34-21(20)13-19)28(41)35-23-15-32-10-9-25(23)39-16-18(2)27(40-12-11-33-38-40)24(17-39)37-30(44)45-31(3,4)5/h6-15,18,24,27,36H,1,16-17H2,2-5H3,(H,35,41)(H,37,44)(H,42,43)/t18-,24+,27-/m0/s1. The molecule has 3 amide bonds. The number of ether oxygens (including phenoxy) is 1. The molecule has 45 heavy (non-hydrogen) atoms. The van der Waals surface area contributed by atoms with E-state index < -0.39 is 29.7 Å². The molecule has 1 aliphatic rings. The van der Waals surface area contributed by atoms with Gasteiger partial charge in [-0.25, -0.2) is 19.3 Å². The number of pyridine rings is 2. The van der Waals surface area contributed by atoms with Gasteiger partial charge < -0.3 is 25.4 Å². The summed E-state index contributed by atoms with van der Waals surface area (Å²) < 4.78 is 7.29. The van der Waals surface area contributed by atoms with E-state index in [2.05, 4.69) is 42.8 Å². The highest BCUT2D eigenvalue weighted by Gasteiger charge is 2.39. The fourth-order valence-corrected chi connectivity index (χ4v) is 5.52. The molecule has 1 fully saturated rings. The zero-order valence-corrected chi connectivity index (χ0v) is 25.4. The molecule has 234 valence electrons. The van der Waals surface area contributed by atoms with Gasteiger partial charge in [-0.05, 0) is 50.5 Å². The number of alkyl carbamates (subject to hydrolysis) is 1. The van der Waals surface area contributed by atoms with E-state index in [-0.39, 0.29) is 23.3 Å². The number of nitrogens with one attached hydrogen (secondary N) is 3. The van der Waals surface area contributed by atoms with Crippen molar-refractivity contribution in [3.63, 3.8) is 0 Å². The lowest BCUT2D eigenvalue weighted by Gasteiger charge is -2.44. The van der Waals surface area contributed by atoms with Crippen molar-refractivity contribution in [2.45, 2.75) is 45.4 Å². The first-order valence-electron chi connectivity index (χ1n) is 14.3. The maximum atomic E-state index is 13.7. The molecule has 3 atom stereocenters. The van der Waals surface area contributed by atoms with Gasteiger partial charge >= 0.3 is 12.2 Å². The third kappa shape index (κ3) is 7.17. The average Bonchev–Trinajstić information content (AvgIpc) is 3.49. The number of carbonyl (C=O) groups is 3. The zero-order valence-electron chi connectivity index (χ0n) is 25.4. The second-order valence-corrected chi connectivity index (χ2v) is 11.8. The molecule has 0 spiro atoms. The fraction of sp³-hybridized carbons (Fsp3) is 0.323. The van der Waals surface area contributed by atoms with Crippen LogP contribution in [0.15, 0.2) is 61.7 Å². The van der Waals surface area contributed by atoms with Gasteiger partial charge in [-0.15, -0.1) is 5.10 Å². The predicted molar refractivity (Wildman–Crippen MR) is 169 cm³/mol. The van der Waals surface area contributed by atoms with E-state index in [1.54, 1.807) is 74.4 Å². The van der Waals surface area contributed by atoms with E-state index in [1.165, 1.54) is 6.20 Å². The average molecular weight is 614 g/mol. The molecule has 0 bridgehead atoms. The summed E-state index contributed by atoms with van der Waals surface area (Å²) in [6.45, 7) is 12.1. The molecule has 1 aliphatic heterocycles. The third-order valence-electron chi connectivity index (χ3n) is 7.29. The summed E-state index contributed by atoms with van der Waals surface area (Å²) in [7, 11) is 0. The fourth-order valence-electron chi connectivity index (χ4n) is 5.52. The molecule has 0 radical (unpaired) electrons. The van der Waals surface area contributed by atoms with E-state index in [0.29, 0.717) is 35.4 Å². The normalized spacial score (nSPS) is 18.2. The van der Waals surface area contributed by atoms with Crippen LogP contribution in [0.5, 0.6) is 0 Å². The van der Waals surface area contributed by atoms with Gasteiger partial charge in [0.25, 0.3) is 5.91 Å². The number of amides is 3. The van der Waals surface area contributed by atoms with Crippen LogP contribution in [0.1, 0.15) is 49.8 Å². The smallest absolute Gasteiger partial charge is 0.409 e. The number of hydrogen-bond acceptors (Lipinski definition) is 9. The minimum Gasteiger partial charge on any atom is -0.465 e. The predicted octanol–water partition coefficient (Wildman–Crippen LogP) is 4.80. The summed E-state index contributed by atoms with van der Waals surface area (Å²) >= 11 is 0. The van der Waals surface area contributed by atoms with Crippen molar-refractivity contribution in [2.75, 3.05) is 28.6 Å². The molecular formula is C31H35N9O5. The summed E-state index contributed by atoms with van der Waals surface area (Å²) in [6, 6.07) is 8.03. The van der Waals surface area contributed by atoms with Crippen LogP contribution in [0.4, 0.5) is 26.7 Å². The van der Waals surface area contributed by atoms with E-state index in [0.717, 1.165) is 5.56 Å². The van der Waals surface area contributed by atoms with Gasteiger partial charge in [0.2, 0.25) is 0 Å². The lowest BCUT2D eigenvalue weighted by molar-refractivity contribution is 0.0465. The lowest BCUT2D eigenvalue weighted by atomic mass is 9.89. The Bertz CT molecular complexity index is 1740. The second kappa shape index (κ2) is 12.6. The van der Waals surface area contributed by atoms with Gasteiger partial charge in [0.1, 0.15) is 5.60 Å². The first-order valence-corrected chi connectivity index (χ1v) is 14.3. The van der Waals surface area contributed by atoms with Gasteiger partial charge in [0, 0.05) is 30.9 Å². The quantitative estimate of drug-likeness (QED) is 0.226. The van der Waals surface area contributed by atoms with Crippen molar-refractivity contribution < 1.29 is 24.2 Å². The number of anilines is 3. The Kier molecular flexibility index (Phi) is 8.66. The van der Waals surface area contributed by atoms with Gasteiger partial charge in [-0.3, -0.25) is 15.1 Å². The SMILES string of the molecule is C=Cc1ccc2cc(NC(=O)O)c(C(=O)Nc3cnccc3N3C[C@H](C)[C@H](n4ccnn4)[C@H](NC(=O)OC(C)(C)C)C3)nc2c1. The third-order valence-corrected chi connectivity index (χ3v) is 7.29. The molecule has 0 aliphatic carbocycles. The Morgan fingerprint density at radius 2 is 1.89 bits per heavy atom. The molecule has 14 nitrogen and oxygen atoms in total. The molecule has 1 aromatic carbocycles. The maximum absolute atomic E-state index is 13.7. The minimum absolute atomic E-state index is 0.0234. The number of piperidine rings is 1. The van der Waals surface area contributed by atoms with Crippen molar-refractivity contribution in [2.24, 2.45) is 5.92 Å². The lowest BCUT2D eigenvalue weighted by Crippen LogP contribution is -2.57. The van der Waals surface area contributed by atoms with Gasteiger partial charge in [0.05, 0.1) is 47.1 Å². The van der Waals surface area contributed by atoms with Crippen LogP contribution in [0.2, 0.25) is 0 Å². The van der Waals surface area contributed by atoms with E-state index in [9.17, 15) is 19.5 Å². The van der Waals surface area contributed by atoms with Crippen LogP contribution in [0.3, 0.4) is 0 Å². The Balaban J connectivity index is 1.45. The molecule has 0 saturated carbocycles. The van der Waals surface area contributed by atoms with Crippen molar-refractivity contribution in [1.29, 1.82) is 0 Å². The summed E-state index contributed by atoms with van der Waals surface area (Å²) in [6.07, 6.45) is 6.24. The number of nitrogens with zero attached hydrogens (tertiary/aromatic N) is 6. The molecule has 1 saturated heterocycles. The van der Waals surface area contributed by atoms with Crippen molar-refractivity contribution in [3.05, 3.63) is 73.0 Å². The van der Waals surface area contributed by atoms with Crippen molar-refractivity contribution in [1.82, 2.24) is 30.3 Å². The summed E-state index contributed by atoms with van der Waals surface area (Å²) in [5, 5.41) is 26.4. The first-order chi connectivity index (χ1) is 21.4. The van der Waals surface area contributed by atoms with Crippen LogP contribution >= 0.6 is 0 Å². The van der Waals surface area contributed by atoms with E-state index >= 15 is 0 Å². The highest BCUT2D eigenvalue weighted by molar-refractivity contribution is 6.11. The molecule has 3 aromatic heterocycles. The van der Waals surface area contributed by atoms with Crippen LogP contribution in [-0.4, -0.2) is 72.9 Å². The monoisotopic (exact) mass is 613 g/mol. The van der Waals surface area contributed by atoms with Gasteiger partial charge in [0.15, 0.2) is 5.69 Å². The van der Waals surface area contributed by atoms with Gasteiger partial charge in [-0.1, -0.05) is 36.9 Å². The van der Waals surface area contributed by atoms with E-state index in [4.69, 9.17) is 4.74 Å². The van der Waals surface area contributed by atoms with Crippen LogP contribution < -0.4 is 20.9 Å². The number of carbonyl (C=O) groups excluding carboxylic acids is 2. The summed E-state index contributed by atoms with van der Waals surface area (Å²) in [5.41, 5.74) is 1.58. The number of benzene rings is 1. The Hall–Kier alpha value is -5.53. The van der Waals surface area contributed by atoms with Crippen LogP contribution in [0, 0.1) is 5.92 Å². The number of hydrogen-bond donors (Lipinski definition) is 4. The Morgan fingerprint density at radius 1 is 1.09 bits per heavy atom. The Morgan fingerprint density at radius 3 is 2.58 bits per heavy atom. The molecule has 4 heterocycles.